The largest absolute Gasteiger partial charge is 0.309 e. The van der Waals surface area contributed by atoms with Crippen molar-refractivity contribution in [3.05, 3.63) is 41.3 Å². The lowest BCUT2D eigenvalue weighted by Gasteiger charge is -2.28. The monoisotopic (exact) mass is 327 g/mol. The van der Waals surface area contributed by atoms with E-state index in [1.54, 1.807) is 6.20 Å². The number of pyridine rings is 1. The van der Waals surface area contributed by atoms with E-state index in [1.165, 1.54) is 5.56 Å². The molecular weight excluding hydrogens is 302 g/mol. The Hall–Kier alpha value is -2.21. The first kappa shape index (κ1) is 16.6. The Bertz CT molecular complexity index is 721. The smallest absolute Gasteiger partial charge is 0.242 e. The Morgan fingerprint density at radius 3 is 2.71 bits per heavy atom. The van der Waals surface area contributed by atoms with Crippen molar-refractivity contribution in [2.75, 3.05) is 5.32 Å². The molecule has 1 N–H and O–H groups in total. The second-order valence-corrected chi connectivity index (χ2v) is 6.56. The van der Waals surface area contributed by atoms with Gasteiger partial charge in [0.25, 0.3) is 0 Å². The van der Waals surface area contributed by atoms with Crippen molar-refractivity contribution in [3.8, 4) is 0 Å². The molecule has 0 spiro atoms. The molecule has 1 atom stereocenters. The number of rotatable bonds is 6. The first-order valence-electron chi connectivity index (χ1n) is 8.44. The number of hydrogen-bond acceptors (Lipinski definition) is 4. The quantitative estimate of drug-likeness (QED) is 0.885. The molecule has 6 heteroatoms. The molecule has 0 bridgehead atoms. The second-order valence-electron chi connectivity index (χ2n) is 6.56. The van der Waals surface area contributed by atoms with E-state index in [0.29, 0.717) is 11.9 Å². The third-order valence-electron chi connectivity index (χ3n) is 4.81. The summed E-state index contributed by atoms with van der Waals surface area (Å²) in [6.45, 7) is 6.84. The molecule has 0 unspecified atom stereocenters. The van der Waals surface area contributed by atoms with E-state index in [9.17, 15) is 4.79 Å². The second kappa shape index (κ2) is 6.73. The van der Waals surface area contributed by atoms with Crippen LogP contribution in [0.5, 0.6) is 0 Å². The molecule has 1 amide bonds. The first-order chi connectivity index (χ1) is 11.5. The maximum atomic E-state index is 12.6. The molecule has 3 rings (SSSR count). The van der Waals surface area contributed by atoms with Gasteiger partial charge in [0.15, 0.2) is 0 Å². The zero-order valence-electron chi connectivity index (χ0n) is 14.8. The highest BCUT2D eigenvalue weighted by atomic mass is 16.2. The number of hydrogen-bond donors (Lipinski definition) is 1. The van der Waals surface area contributed by atoms with Gasteiger partial charge in [-0.3, -0.25) is 14.4 Å². The normalized spacial score (nSPS) is 15.5. The van der Waals surface area contributed by atoms with Crippen LogP contribution in [-0.2, 0) is 18.4 Å². The van der Waals surface area contributed by atoms with Crippen LogP contribution >= 0.6 is 0 Å². The van der Waals surface area contributed by atoms with Gasteiger partial charge in [-0.25, -0.2) is 4.98 Å². The summed E-state index contributed by atoms with van der Waals surface area (Å²) in [6, 6.07) is 5.78. The predicted molar refractivity (Wildman–Crippen MR) is 93.6 cm³/mol. The van der Waals surface area contributed by atoms with Gasteiger partial charge in [-0.05, 0) is 45.7 Å². The van der Waals surface area contributed by atoms with Crippen molar-refractivity contribution in [3.63, 3.8) is 0 Å². The van der Waals surface area contributed by atoms with Gasteiger partial charge in [-0.15, -0.1) is 0 Å². The highest BCUT2D eigenvalue weighted by Gasteiger charge is 2.36. The van der Waals surface area contributed by atoms with Crippen molar-refractivity contribution in [1.82, 2.24) is 19.7 Å². The molecule has 1 saturated carbocycles. The minimum atomic E-state index is -0.210. The lowest BCUT2D eigenvalue weighted by atomic mass is 10.1. The lowest BCUT2D eigenvalue weighted by molar-refractivity contribution is -0.121. The predicted octanol–water partition coefficient (Wildman–Crippen LogP) is 2.42. The number of nitrogens with one attached hydrogen (secondary N) is 1. The van der Waals surface area contributed by atoms with E-state index in [4.69, 9.17) is 0 Å². The molecule has 0 radical (unpaired) electrons. The molecule has 6 nitrogen and oxygen atoms in total. The molecule has 0 saturated heterocycles. The van der Waals surface area contributed by atoms with Gasteiger partial charge in [0.2, 0.25) is 5.91 Å². The summed E-state index contributed by atoms with van der Waals surface area (Å²) in [5.74, 6) is 0.582. The Kier molecular flexibility index (Phi) is 4.66. The van der Waals surface area contributed by atoms with Crippen LogP contribution in [0.2, 0.25) is 0 Å². The van der Waals surface area contributed by atoms with Gasteiger partial charge in [0.05, 0.1) is 11.7 Å². The molecule has 1 aliphatic carbocycles. The van der Waals surface area contributed by atoms with E-state index in [-0.39, 0.29) is 11.9 Å². The highest BCUT2D eigenvalue weighted by Crippen LogP contribution is 2.31. The van der Waals surface area contributed by atoms with E-state index < -0.39 is 0 Å². The van der Waals surface area contributed by atoms with Crippen LogP contribution < -0.4 is 5.32 Å². The highest BCUT2D eigenvalue weighted by molar-refractivity contribution is 5.93. The van der Waals surface area contributed by atoms with Crippen LogP contribution in [0, 0.1) is 13.8 Å². The Balaban J connectivity index is 1.74. The Morgan fingerprint density at radius 2 is 2.17 bits per heavy atom. The summed E-state index contributed by atoms with van der Waals surface area (Å²) in [4.78, 5) is 19.1. The van der Waals surface area contributed by atoms with Gasteiger partial charge in [0, 0.05) is 37.1 Å². The lowest BCUT2D eigenvalue weighted by Crippen LogP contribution is -2.43. The molecule has 2 heterocycles. The SMILES string of the molecule is Cc1nn(C)c(C)c1CN(C1CC1)[C@H](C)C(=O)Nc1ccccn1. The van der Waals surface area contributed by atoms with Crippen molar-refractivity contribution in [1.29, 1.82) is 0 Å². The number of nitrogens with zero attached hydrogens (tertiary/aromatic N) is 4. The van der Waals surface area contributed by atoms with Crippen molar-refractivity contribution in [2.45, 2.75) is 52.2 Å². The van der Waals surface area contributed by atoms with Crippen molar-refractivity contribution < 1.29 is 4.79 Å². The summed E-state index contributed by atoms with van der Waals surface area (Å²) >= 11 is 0. The fourth-order valence-corrected chi connectivity index (χ4v) is 3.04. The number of anilines is 1. The molecule has 1 aliphatic rings. The Morgan fingerprint density at radius 1 is 1.42 bits per heavy atom. The zero-order chi connectivity index (χ0) is 17.3. The third kappa shape index (κ3) is 3.48. The van der Waals surface area contributed by atoms with Crippen molar-refractivity contribution >= 4 is 11.7 Å². The van der Waals surface area contributed by atoms with Gasteiger partial charge < -0.3 is 5.32 Å². The number of aryl methyl sites for hydroxylation is 2. The standard InChI is InChI=1S/C18H25N5O/c1-12-16(13(2)22(4)21-12)11-23(15-8-9-15)14(3)18(24)20-17-7-5-6-10-19-17/h5-7,10,14-15H,8-9,11H2,1-4H3,(H,19,20,24)/t14-/m1/s1. The number of carbonyl (C=O) groups is 1. The van der Waals surface area contributed by atoms with Crippen LogP contribution in [0.1, 0.15) is 36.7 Å². The number of amides is 1. The molecule has 1 fully saturated rings. The average Bonchev–Trinajstić information content (AvgIpc) is 3.36. The van der Waals surface area contributed by atoms with Gasteiger partial charge in [-0.1, -0.05) is 6.07 Å². The molecule has 0 aromatic carbocycles. The topological polar surface area (TPSA) is 63.1 Å². The van der Waals surface area contributed by atoms with Gasteiger partial charge in [-0.2, -0.15) is 5.10 Å². The molecule has 2 aromatic heterocycles. The van der Waals surface area contributed by atoms with E-state index in [2.05, 4.69) is 27.2 Å². The molecule has 2 aromatic rings. The molecule has 0 aliphatic heterocycles. The van der Waals surface area contributed by atoms with Crippen LogP contribution in [-0.4, -0.2) is 37.7 Å². The van der Waals surface area contributed by atoms with Crippen molar-refractivity contribution in [2.24, 2.45) is 7.05 Å². The average molecular weight is 327 g/mol. The summed E-state index contributed by atoms with van der Waals surface area (Å²) < 4.78 is 1.91. The third-order valence-corrected chi connectivity index (χ3v) is 4.81. The maximum absolute atomic E-state index is 12.6. The first-order valence-corrected chi connectivity index (χ1v) is 8.44. The summed E-state index contributed by atoms with van der Waals surface area (Å²) in [5.41, 5.74) is 3.43. The fourth-order valence-electron chi connectivity index (χ4n) is 3.04. The van der Waals surface area contributed by atoms with E-state index in [0.717, 1.165) is 30.8 Å². The van der Waals surface area contributed by atoms with Crippen LogP contribution in [0.3, 0.4) is 0 Å². The summed E-state index contributed by atoms with van der Waals surface area (Å²) in [7, 11) is 1.96. The van der Waals surface area contributed by atoms with E-state index >= 15 is 0 Å². The number of aromatic nitrogens is 3. The number of carbonyl (C=O) groups excluding carboxylic acids is 1. The summed E-state index contributed by atoms with van der Waals surface area (Å²) in [5, 5.41) is 7.41. The molecular formula is C18H25N5O. The minimum absolute atomic E-state index is 0.0141. The van der Waals surface area contributed by atoms with Crippen LogP contribution in [0.25, 0.3) is 0 Å². The van der Waals surface area contributed by atoms with Crippen LogP contribution in [0.4, 0.5) is 5.82 Å². The zero-order valence-corrected chi connectivity index (χ0v) is 14.8. The van der Waals surface area contributed by atoms with E-state index in [1.807, 2.05) is 43.8 Å². The van der Waals surface area contributed by atoms with Gasteiger partial charge in [0.1, 0.15) is 5.82 Å². The van der Waals surface area contributed by atoms with Crippen LogP contribution in [0.15, 0.2) is 24.4 Å². The maximum Gasteiger partial charge on any atom is 0.242 e. The molecule has 128 valence electrons. The summed E-state index contributed by atoms with van der Waals surface area (Å²) in [6.07, 6.45) is 3.99. The fraction of sp³-hybridized carbons (Fsp3) is 0.500. The Labute approximate surface area is 142 Å². The van der Waals surface area contributed by atoms with Gasteiger partial charge >= 0.3 is 0 Å². The minimum Gasteiger partial charge on any atom is -0.309 e. The molecule has 24 heavy (non-hydrogen) atoms.